The molecule has 0 unspecified atom stereocenters. The van der Waals surface area contributed by atoms with Crippen LogP contribution in [0.1, 0.15) is 65.5 Å². The van der Waals surface area contributed by atoms with Gasteiger partial charge in [0.2, 0.25) is 5.91 Å². The van der Waals surface area contributed by atoms with Crippen LogP contribution in [0.25, 0.3) is 0 Å². The minimum absolute atomic E-state index is 0.0307. The molecular formula is C30H36N2O4S. The lowest BCUT2D eigenvalue weighted by atomic mass is 10.00. The van der Waals surface area contributed by atoms with Crippen molar-refractivity contribution in [2.24, 2.45) is 0 Å². The second-order valence-corrected chi connectivity index (χ2v) is 10.6. The standard InChI is InChI=1S/C30H36N2O4S/c1-5-15-31(30(34)23-7-6-8-25(18-23)35-4)19-29(33)32-16-13-28-26(14-17-37-28)27(32)20-36-24-11-9-22(10-12-24)21(2)3/h6-12,14,17-18,21,27H,5,13,15-16,19-20H2,1-4H3/t27-/m0/s1. The summed E-state index contributed by atoms with van der Waals surface area (Å²) in [6.45, 7) is 7.86. The minimum atomic E-state index is -0.192. The fourth-order valence-electron chi connectivity index (χ4n) is 4.71. The number of benzene rings is 2. The summed E-state index contributed by atoms with van der Waals surface area (Å²) >= 11 is 1.73. The van der Waals surface area contributed by atoms with Crippen LogP contribution < -0.4 is 9.47 Å². The number of ether oxygens (including phenoxy) is 2. The molecule has 4 rings (SSSR count). The summed E-state index contributed by atoms with van der Waals surface area (Å²) in [6, 6.07) is 17.2. The topological polar surface area (TPSA) is 59.1 Å². The summed E-state index contributed by atoms with van der Waals surface area (Å²) in [6.07, 6.45) is 1.58. The molecule has 0 aliphatic carbocycles. The number of hydrogen-bond acceptors (Lipinski definition) is 5. The summed E-state index contributed by atoms with van der Waals surface area (Å²) < 4.78 is 11.5. The summed E-state index contributed by atoms with van der Waals surface area (Å²) in [5, 5.41) is 2.08. The van der Waals surface area contributed by atoms with Crippen LogP contribution >= 0.6 is 11.3 Å². The first-order chi connectivity index (χ1) is 17.9. The van der Waals surface area contributed by atoms with Crippen LogP contribution in [0.15, 0.2) is 60.0 Å². The molecule has 1 aromatic heterocycles. The highest BCUT2D eigenvalue weighted by molar-refractivity contribution is 7.10. The largest absolute Gasteiger partial charge is 0.497 e. The summed E-state index contributed by atoms with van der Waals surface area (Å²) in [5.74, 6) is 1.64. The lowest BCUT2D eigenvalue weighted by Crippen LogP contribution is -2.48. The van der Waals surface area contributed by atoms with Gasteiger partial charge in [0.15, 0.2) is 0 Å². The van der Waals surface area contributed by atoms with Gasteiger partial charge < -0.3 is 19.3 Å². The van der Waals surface area contributed by atoms with Crippen LogP contribution in [-0.2, 0) is 11.2 Å². The summed E-state index contributed by atoms with van der Waals surface area (Å²) in [5.41, 5.74) is 2.92. The van der Waals surface area contributed by atoms with Crippen molar-refractivity contribution in [3.63, 3.8) is 0 Å². The van der Waals surface area contributed by atoms with E-state index < -0.39 is 0 Å². The Labute approximate surface area is 223 Å². The molecule has 196 valence electrons. The predicted molar refractivity (Wildman–Crippen MR) is 148 cm³/mol. The van der Waals surface area contributed by atoms with Crippen LogP contribution in [0.4, 0.5) is 0 Å². The van der Waals surface area contributed by atoms with E-state index in [9.17, 15) is 9.59 Å². The van der Waals surface area contributed by atoms with Gasteiger partial charge in [-0.15, -0.1) is 11.3 Å². The molecule has 1 aliphatic rings. The summed E-state index contributed by atoms with van der Waals surface area (Å²) in [4.78, 5) is 31.8. The number of carbonyl (C=O) groups is 2. The average molecular weight is 521 g/mol. The highest BCUT2D eigenvalue weighted by Crippen LogP contribution is 2.34. The molecule has 1 aliphatic heterocycles. The van der Waals surface area contributed by atoms with E-state index in [-0.39, 0.29) is 24.4 Å². The molecule has 0 radical (unpaired) electrons. The molecule has 0 fully saturated rings. The molecule has 2 heterocycles. The van der Waals surface area contributed by atoms with Crippen molar-refractivity contribution in [1.29, 1.82) is 0 Å². The number of thiophene rings is 1. The van der Waals surface area contributed by atoms with E-state index in [1.807, 2.05) is 24.0 Å². The van der Waals surface area contributed by atoms with E-state index in [1.54, 1.807) is 47.6 Å². The normalized spacial score (nSPS) is 14.8. The molecule has 0 spiro atoms. The Balaban J connectivity index is 1.50. The Hall–Kier alpha value is -3.32. The molecule has 2 aromatic carbocycles. The van der Waals surface area contributed by atoms with Gasteiger partial charge in [-0.1, -0.05) is 39.0 Å². The van der Waals surface area contributed by atoms with Crippen LogP contribution in [-0.4, -0.2) is 55.0 Å². The van der Waals surface area contributed by atoms with E-state index in [4.69, 9.17) is 9.47 Å². The molecule has 37 heavy (non-hydrogen) atoms. The third kappa shape index (κ3) is 6.34. The van der Waals surface area contributed by atoms with Gasteiger partial charge in [-0.3, -0.25) is 9.59 Å². The zero-order valence-electron chi connectivity index (χ0n) is 22.1. The van der Waals surface area contributed by atoms with Crippen LogP contribution in [0, 0.1) is 0 Å². The maximum atomic E-state index is 13.7. The third-order valence-corrected chi connectivity index (χ3v) is 7.79. The van der Waals surface area contributed by atoms with E-state index in [1.165, 1.54) is 10.4 Å². The van der Waals surface area contributed by atoms with Crippen LogP contribution in [0.3, 0.4) is 0 Å². The molecule has 7 heteroatoms. The zero-order chi connectivity index (χ0) is 26.4. The van der Waals surface area contributed by atoms with Crippen molar-refractivity contribution in [3.05, 3.63) is 81.5 Å². The third-order valence-electron chi connectivity index (χ3n) is 6.79. The van der Waals surface area contributed by atoms with Gasteiger partial charge in [0.05, 0.1) is 13.2 Å². The van der Waals surface area contributed by atoms with Crippen molar-refractivity contribution in [3.8, 4) is 11.5 Å². The molecule has 0 saturated heterocycles. The highest BCUT2D eigenvalue weighted by Gasteiger charge is 2.33. The minimum Gasteiger partial charge on any atom is -0.497 e. The van der Waals surface area contributed by atoms with Gasteiger partial charge in [-0.05, 0) is 71.7 Å². The smallest absolute Gasteiger partial charge is 0.254 e. The zero-order valence-corrected chi connectivity index (χ0v) is 22.9. The first-order valence-corrected chi connectivity index (χ1v) is 13.8. The average Bonchev–Trinajstić information content (AvgIpc) is 3.40. The SMILES string of the molecule is CCCN(CC(=O)N1CCc2sccc2[C@@H]1COc1ccc(C(C)C)cc1)C(=O)c1cccc(OC)c1. The summed E-state index contributed by atoms with van der Waals surface area (Å²) in [7, 11) is 1.58. The Morgan fingerprint density at radius 3 is 2.59 bits per heavy atom. The van der Waals surface area contributed by atoms with E-state index in [0.29, 0.717) is 36.9 Å². The van der Waals surface area contributed by atoms with Crippen molar-refractivity contribution < 1.29 is 19.1 Å². The Bertz CT molecular complexity index is 1200. The number of rotatable bonds is 10. The van der Waals surface area contributed by atoms with Crippen molar-refractivity contribution in [2.45, 2.75) is 45.6 Å². The van der Waals surface area contributed by atoms with Gasteiger partial charge in [-0.2, -0.15) is 0 Å². The molecule has 3 aromatic rings. The molecule has 2 amide bonds. The Morgan fingerprint density at radius 1 is 1.11 bits per heavy atom. The fraction of sp³-hybridized carbons (Fsp3) is 0.400. The molecular weight excluding hydrogens is 484 g/mol. The Morgan fingerprint density at radius 2 is 1.89 bits per heavy atom. The second kappa shape index (κ2) is 12.3. The van der Waals surface area contributed by atoms with Gasteiger partial charge in [0.25, 0.3) is 5.91 Å². The maximum absolute atomic E-state index is 13.7. The van der Waals surface area contributed by atoms with Crippen LogP contribution in [0.2, 0.25) is 0 Å². The number of amides is 2. The lowest BCUT2D eigenvalue weighted by molar-refractivity contribution is -0.135. The van der Waals surface area contributed by atoms with Crippen LogP contribution in [0.5, 0.6) is 11.5 Å². The molecule has 6 nitrogen and oxygen atoms in total. The number of carbonyl (C=O) groups excluding carboxylic acids is 2. The van der Waals surface area contributed by atoms with E-state index in [2.05, 4.69) is 37.4 Å². The van der Waals surface area contributed by atoms with Gasteiger partial charge in [-0.25, -0.2) is 0 Å². The Kier molecular flexibility index (Phi) is 8.87. The monoisotopic (exact) mass is 520 g/mol. The number of fused-ring (bicyclic) bond motifs is 1. The van der Waals surface area contributed by atoms with E-state index in [0.717, 1.165) is 24.2 Å². The molecule has 0 N–H and O–H groups in total. The lowest BCUT2D eigenvalue weighted by Gasteiger charge is -2.37. The van der Waals surface area contributed by atoms with E-state index >= 15 is 0 Å². The number of nitrogens with zero attached hydrogens (tertiary/aromatic N) is 2. The first kappa shape index (κ1) is 26.7. The number of methoxy groups -OCH3 is 1. The van der Waals surface area contributed by atoms with Crippen molar-refractivity contribution in [2.75, 3.05) is 33.4 Å². The van der Waals surface area contributed by atoms with Crippen molar-refractivity contribution in [1.82, 2.24) is 9.80 Å². The maximum Gasteiger partial charge on any atom is 0.254 e. The van der Waals surface area contributed by atoms with Gasteiger partial charge in [0, 0.05) is 23.5 Å². The fourth-order valence-corrected chi connectivity index (χ4v) is 5.64. The molecule has 0 bridgehead atoms. The van der Waals surface area contributed by atoms with Gasteiger partial charge in [0.1, 0.15) is 24.7 Å². The quantitative estimate of drug-likeness (QED) is 0.332. The molecule has 1 atom stereocenters. The number of hydrogen-bond donors (Lipinski definition) is 0. The molecule has 0 saturated carbocycles. The van der Waals surface area contributed by atoms with Gasteiger partial charge >= 0.3 is 0 Å². The second-order valence-electron chi connectivity index (χ2n) is 9.65. The highest BCUT2D eigenvalue weighted by atomic mass is 32.1. The van der Waals surface area contributed by atoms with Crippen molar-refractivity contribution >= 4 is 23.2 Å². The first-order valence-electron chi connectivity index (χ1n) is 12.9. The predicted octanol–water partition coefficient (Wildman–Crippen LogP) is 5.94.